The summed E-state index contributed by atoms with van der Waals surface area (Å²) in [7, 11) is 0. The first-order valence-corrected chi connectivity index (χ1v) is 10.1. The summed E-state index contributed by atoms with van der Waals surface area (Å²) in [6.07, 6.45) is 2.53. The maximum absolute atomic E-state index is 13.6. The minimum atomic E-state index is -0.669. The van der Waals surface area contributed by atoms with Crippen molar-refractivity contribution in [2.24, 2.45) is 0 Å². The van der Waals surface area contributed by atoms with Gasteiger partial charge in [-0.2, -0.15) is 0 Å². The molecule has 28 heavy (non-hydrogen) atoms. The van der Waals surface area contributed by atoms with Gasteiger partial charge in [0.05, 0.1) is 17.0 Å². The number of benzene rings is 2. The number of nitrogens with zero attached hydrogens (tertiary/aromatic N) is 3. The average molecular weight is 375 g/mol. The van der Waals surface area contributed by atoms with Crippen LogP contribution in [0.1, 0.15) is 60.6 Å². The van der Waals surface area contributed by atoms with E-state index in [2.05, 4.69) is 29.2 Å². The van der Waals surface area contributed by atoms with E-state index in [9.17, 15) is 9.90 Å². The Morgan fingerprint density at radius 2 is 1.82 bits per heavy atom. The highest BCUT2D eigenvalue weighted by molar-refractivity contribution is 5.83. The SMILES string of the molecule is Cc1cc(C(C)O)c2nc(N3Cc4ccccc4C3)n(C3CCC3)c(=O)c2c1. The highest BCUT2D eigenvalue weighted by Gasteiger charge is 2.30. The number of aromatic nitrogens is 2. The van der Waals surface area contributed by atoms with Gasteiger partial charge < -0.3 is 10.0 Å². The zero-order valence-corrected chi connectivity index (χ0v) is 16.4. The van der Waals surface area contributed by atoms with Crippen LogP contribution in [-0.2, 0) is 13.1 Å². The molecule has 0 amide bonds. The fourth-order valence-electron chi connectivity index (χ4n) is 4.46. The molecule has 0 saturated heterocycles. The van der Waals surface area contributed by atoms with E-state index in [0.717, 1.165) is 49.4 Å². The van der Waals surface area contributed by atoms with Crippen LogP contribution >= 0.6 is 0 Å². The van der Waals surface area contributed by atoms with Crippen LogP contribution in [0.5, 0.6) is 0 Å². The van der Waals surface area contributed by atoms with Gasteiger partial charge in [-0.15, -0.1) is 0 Å². The second kappa shape index (κ2) is 6.45. The van der Waals surface area contributed by atoms with Crippen LogP contribution in [0.15, 0.2) is 41.2 Å². The molecule has 5 heteroatoms. The minimum absolute atomic E-state index is 0.0197. The summed E-state index contributed by atoms with van der Waals surface area (Å²) in [6, 6.07) is 12.5. The third-order valence-electron chi connectivity index (χ3n) is 6.17. The number of aryl methyl sites for hydroxylation is 1. The quantitative estimate of drug-likeness (QED) is 0.752. The highest BCUT2D eigenvalue weighted by Crippen LogP contribution is 2.36. The van der Waals surface area contributed by atoms with Crippen LogP contribution in [0.25, 0.3) is 10.9 Å². The molecule has 1 aromatic heterocycles. The maximum Gasteiger partial charge on any atom is 0.263 e. The molecule has 0 bridgehead atoms. The summed E-state index contributed by atoms with van der Waals surface area (Å²) >= 11 is 0. The van der Waals surface area contributed by atoms with Gasteiger partial charge >= 0.3 is 0 Å². The molecule has 3 aromatic rings. The summed E-state index contributed by atoms with van der Waals surface area (Å²) in [5, 5.41) is 10.9. The zero-order valence-electron chi connectivity index (χ0n) is 16.4. The molecule has 2 aromatic carbocycles. The lowest BCUT2D eigenvalue weighted by atomic mass is 9.92. The molecule has 5 nitrogen and oxygen atoms in total. The van der Waals surface area contributed by atoms with Crippen LogP contribution in [0.4, 0.5) is 5.95 Å². The lowest BCUT2D eigenvalue weighted by molar-refractivity contribution is 0.200. The minimum Gasteiger partial charge on any atom is -0.389 e. The molecule has 0 spiro atoms. The maximum atomic E-state index is 13.6. The van der Waals surface area contributed by atoms with Gasteiger partial charge in [-0.05, 0) is 55.9 Å². The predicted molar refractivity (Wildman–Crippen MR) is 111 cm³/mol. The second-order valence-electron chi connectivity index (χ2n) is 8.22. The van der Waals surface area contributed by atoms with Crippen molar-refractivity contribution in [3.63, 3.8) is 0 Å². The Kier molecular flexibility index (Phi) is 4.02. The van der Waals surface area contributed by atoms with Gasteiger partial charge in [-0.3, -0.25) is 9.36 Å². The predicted octanol–water partition coefficient (Wildman–Crippen LogP) is 4.00. The summed E-state index contributed by atoms with van der Waals surface area (Å²) in [5.74, 6) is 0.740. The Hall–Kier alpha value is -2.66. The second-order valence-corrected chi connectivity index (χ2v) is 8.22. The van der Waals surface area contributed by atoms with Gasteiger partial charge in [-0.1, -0.05) is 30.3 Å². The molecule has 1 N–H and O–H groups in total. The summed E-state index contributed by atoms with van der Waals surface area (Å²) < 4.78 is 1.92. The monoisotopic (exact) mass is 375 g/mol. The molecule has 0 radical (unpaired) electrons. The molecule has 2 heterocycles. The number of hydrogen-bond donors (Lipinski definition) is 1. The number of aliphatic hydroxyl groups excluding tert-OH is 1. The van der Waals surface area contributed by atoms with Crippen molar-refractivity contribution in [3.05, 3.63) is 69.0 Å². The molecule has 1 fully saturated rings. The van der Waals surface area contributed by atoms with E-state index in [1.807, 2.05) is 23.6 Å². The summed E-state index contributed by atoms with van der Waals surface area (Å²) in [6.45, 7) is 5.22. The van der Waals surface area contributed by atoms with E-state index < -0.39 is 6.10 Å². The lowest BCUT2D eigenvalue weighted by Crippen LogP contribution is -2.35. The van der Waals surface area contributed by atoms with Crippen LogP contribution in [0.2, 0.25) is 0 Å². The third-order valence-corrected chi connectivity index (χ3v) is 6.17. The third kappa shape index (κ3) is 2.65. The topological polar surface area (TPSA) is 58.4 Å². The van der Waals surface area contributed by atoms with Crippen molar-refractivity contribution in [2.75, 3.05) is 4.90 Å². The standard InChI is InChI=1S/C23H25N3O2/c1-14-10-19(15(2)27)21-20(11-14)22(28)26(18-8-5-9-18)23(24-21)25-12-16-6-3-4-7-17(16)13-25/h3-4,6-7,10-11,15,18,27H,5,8-9,12-13H2,1-2H3. The molecule has 2 aliphatic rings. The van der Waals surface area contributed by atoms with Crippen LogP contribution in [0, 0.1) is 6.92 Å². The van der Waals surface area contributed by atoms with Gasteiger partial charge in [0.2, 0.25) is 5.95 Å². The number of fused-ring (bicyclic) bond motifs is 2. The zero-order chi connectivity index (χ0) is 19.4. The van der Waals surface area contributed by atoms with Crippen molar-refractivity contribution < 1.29 is 5.11 Å². The van der Waals surface area contributed by atoms with E-state index in [0.29, 0.717) is 10.9 Å². The van der Waals surface area contributed by atoms with E-state index in [1.54, 1.807) is 6.92 Å². The summed E-state index contributed by atoms with van der Waals surface area (Å²) in [5.41, 5.74) is 4.93. The van der Waals surface area contributed by atoms with E-state index in [1.165, 1.54) is 11.1 Å². The molecule has 1 aliphatic carbocycles. The number of aliphatic hydroxyl groups is 1. The largest absolute Gasteiger partial charge is 0.389 e. The molecular formula is C23H25N3O2. The van der Waals surface area contributed by atoms with Gasteiger partial charge in [-0.25, -0.2) is 4.98 Å². The van der Waals surface area contributed by atoms with Crippen molar-refractivity contribution >= 4 is 16.9 Å². The Labute approximate surface area is 164 Å². The van der Waals surface area contributed by atoms with E-state index in [-0.39, 0.29) is 11.6 Å². The average Bonchev–Trinajstić information content (AvgIpc) is 3.06. The number of anilines is 1. The van der Waals surface area contributed by atoms with Crippen molar-refractivity contribution in [3.8, 4) is 0 Å². The molecule has 5 rings (SSSR count). The van der Waals surface area contributed by atoms with Crippen LogP contribution in [-0.4, -0.2) is 14.7 Å². The number of hydrogen-bond acceptors (Lipinski definition) is 4. The van der Waals surface area contributed by atoms with Crippen LogP contribution in [0.3, 0.4) is 0 Å². The van der Waals surface area contributed by atoms with Crippen molar-refractivity contribution in [1.82, 2.24) is 9.55 Å². The first-order valence-electron chi connectivity index (χ1n) is 10.1. The summed E-state index contributed by atoms with van der Waals surface area (Å²) in [4.78, 5) is 20.8. The Bertz CT molecular complexity index is 1100. The first-order chi connectivity index (χ1) is 13.5. The number of rotatable bonds is 3. The van der Waals surface area contributed by atoms with Gasteiger partial charge in [0.1, 0.15) is 0 Å². The fraction of sp³-hybridized carbons (Fsp3) is 0.391. The van der Waals surface area contributed by atoms with E-state index >= 15 is 0 Å². The fourth-order valence-corrected chi connectivity index (χ4v) is 4.46. The molecule has 1 unspecified atom stereocenters. The first kappa shape index (κ1) is 17.4. The molecule has 144 valence electrons. The highest BCUT2D eigenvalue weighted by atomic mass is 16.3. The van der Waals surface area contributed by atoms with Gasteiger partial charge in [0, 0.05) is 24.7 Å². The van der Waals surface area contributed by atoms with Crippen molar-refractivity contribution in [1.29, 1.82) is 0 Å². The Morgan fingerprint density at radius 3 is 2.39 bits per heavy atom. The van der Waals surface area contributed by atoms with Gasteiger partial charge in [0.25, 0.3) is 5.56 Å². The molecule has 1 aliphatic heterocycles. The normalized spacial score (nSPS) is 17.6. The Morgan fingerprint density at radius 1 is 1.14 bits per heavy atom. The molecule has 1 atom stereocenters. The van der Waals surface area contributed by atoms with Crippen LogP contribution < -0.4 is 10.5 Å². The lowest BCUT2D eigenvalue weighted by Gasteiger charge is -2.32. The van der Waals surface area contributed by atoms with E-state index in [4.69, 9.17) is 4.98 Å². The van der Waals surface area contributed by atoms with Crippen molar-refractivity contribution in [2.45, 2.75) is 58.3 Å². The molecular weight excluding hydrogens is 350 g/mol. The Balaban J connectivity index is 1.74. The van der Waals surface area contributed by atoms with Gasteiger partial charge in [0.15, 0.2) is 0 Å². The smallest absolute Gasteiger partial charge is 0.263 e. The molecule has 1 saturated carbocycles.